The Morgan fingerprint density at radius 1 is 1.00 bits per heavy atom. The second-order valence-electron chi connectivity index (χ2n) is 3.60. The summed E-state index contributed by atoms with van der Waals surface area (Å²) in [5, 5.41) is 4.10. The van der Waals surface area contributed by atoms with Gasteiger partial charge in [0.05, 0.1) is 0 Å². The van der Waals surface area contributed by atoms with E-state index < -0.39 is 0 Å². The minimum atomic E-state index is 0.739. The molecule has 0 radical (unpaired) electrons. The van der Waals surface area contributed by atoms with Gasteiger partial charge in [-0.15, -0.1) is 0 Å². The molecule has 0 aliphatic heterocycles. The lowest BCUT2D eigenvalue weighted by molar-refractivity contribution is 1.14. The summed E-state index contributed by atoms with van der Waals surface area (Å²) < 4.78 is 2.14. The fourth-order valence-corrected chi connectivity index (χ4v) is 2.29. The maximum absolute atomic E-state index is 5.96. The quantitative estimate of drug-likeness (QED) is 0.749. The van der Waals surface area contributed by atoms with Crippen LogP contribution >= 0.6 is 43.5 Å². The van der Waals surface area contributed by atoms with Gasteiger partial charge in [0.1, 0.15) is 0 Å². The number of hydrogen-bond acceptors (Lipinski definition) is 1. The number of hydrogen-bond donors (Lipinski definition) is 1. The van der Waals surface area contributed by atoms with Crippen LogP contribution in [0.5, 0.6) is 0 Å². The third-order valence-corrected chi connectivity index (χ3v) is 3.87. The Bertz CT molecular complexity index is 511. The van der Waals surface area contributed by atoms with Crippen LogP contribution in [0, 0.1) is 0 Å². The van der Waals surface area contributed by atoms with Crippen molar-refractivity contribution in [2.45, 2.75) is 6.54 Å². The summed E-state index contributed by atoms with van der Waals surface area (Å²) >= 11 is 12.9. The largest absolute Gasteiger partial charge is 0.381 e. The van der Waals surface area contributed by atoms with Crippen LogP contribution in [0.4, 0.5) is 5.69 Å². The highest BCUT2D eigenvalue weighted by molar-refractivity contribution is 9.10. The second-order valence-corrected chi connectivity index (χ2v) is 5.80. The first-order valence-corrected chi connectivity index (χ1v) is 7.05. The molecule has 0 heterocycles. The third-order valence-electron chi connectivity index (χ3n) is 2.33. The summed E-state index contributed by atoms with van der Waals surface area (Å²) in [5.41, 5.74) is 2.22. The van der Waals surface area contributed by atoms with Crippen molar-refractivity contribution in [2.75, 3.05) is 5.32 Å². The molecule has 88 valence electrons. The monoisotopic (exact) mass is 373 g/mol. The zero-order valence-corrected chi connectivity index (χ0v) is 12.8. The van der Waals surface area contributed by atoms with Gasteiger partial charge in [0.15, 0.2) is 0 Å². The third kappa shape index (κ3) is 3.73. The molecule has 17 heavy (non-hydrogen) atoms. The average Bonchev–Trinajstić information content (AvgIpc) is 2.32. The van der Waals surface area contributed by atoms with Crippen LogP contribution in [-0.4, -0.2) is 0 Å². The number of benzene rings is 2. The van der Waals surface area contributed by atoms with E-state index >= 15 is 0 Å². The van der Waals surface area contributed by atoms with Crippen molar-refractivity contribution >= 4 is 49.1 Å². The van der Waals surface area contributed by atoms with E-state index in [2.05, 4.69) is 37.2 Å². The molecule has 0 aliphatic rings. The highest BCUT2D eigenvalue weighted by atomic mass is 79.9. The molecule has 0 bridgehead atoms. The second kappa shape index (κ2) is 5.89. The van der Waals surface area contributed by atoms with Crippen LogP contribution in [0.25, 0.3) is 0 Å². The van der Waals surface area contributed by atoms with Crippen molar-refractivity contribution in [1.82, 2.24) is 0 Å². The zero-order chi connectivity index (χ0) is 12.3. The molecule has 2 rings (SSSR count). The number of anilines is 1. The molecule has 2 aromatic carbocycles. The molecule has 0 amide bonds. The lowest BCUT2D eigenvalue weighted by atomic mass is 10.2. The summed E-state index contributed by atoms with van der Waals surface area (Å²) in [5.74, 6) is 0. The first-order valence-electron chi connectivity index (χ1n) is 5.08. The first kappa shape index (κ1) is 12.9. The van der Waals surface area contributed by atoms with Crippen LogP contribution in [0.1, 0.15) is 5.56 Å². The molecule has 0 aromatic heterocycles. The highest BCUT2D eigenvalue weighted by Gasteiger charge is 2.01. The van der Waals surface area contributed by atoms with Gasteiger partial charge in [0.25, 0.3) is 0 Å². The molecule has 0 saturated carbocycles. The highest BCUT2D eigenvalue weighted by Crippen LogP contribution is 2.22. The molecule has 0 aliphatic carbocycles. The molecule has 0 spiro atoms. The van der Waals surface area contributed by atoms with Gasteiger partial charge in [0, 0.05) is 26.2 Å². The van der Waals surface area contributed by atoms with Crippen LogP contribution in [0.3, 0.4) is 0 Å². The van der Waals surface area contributed by atoms with Crippen molar-refractivity contribution < 1.29 is 0 Å². The molecule has 4 heteroatoms. The van der Waals surface area contributed by atoms with Gasteiger partial charge in [-0.25, -0.2) is 0 Å². The van der Waals surface area contributed by atoms with Crippen molar-refractivity contribution in [3.63, 3.8) is 0 Å². The van der Waals surface area contributed by atoms with Gasteiger partial charge in [0.2, 0.25) is 0 Å². The molecular formula is C13H10Br2ClN. The summed E-state index contributed by atoms with van der Waals surface area (Å²) in [6, 6.07) is 13.9. The summed E-state index contributed by atoms with van der Waals surface area (Å²) in [7, 11) is 0. The minimum absolute atomic E-state index is 0.739. The fraction of sp³-hybridized carbons (Fsp3) is 0.0769. The van der Waals surface area contributed by atoms with Crippen molar-refractivity contribution in [3.05, 3.63) is 62.0 Å². The molecule has 0 atom stereocenters. The van der Waals surface area contributed by atoms with E-state index in [9.17, 15) is 0 Å². The first-order chi connectivity index (χ1) is 8.15. The minimum Gasteiger partial charge on any atom is -0.381 e. The van der Waals surface area contributed by atoms with E-state index in [1.807, 2.05) is 42.5 Å². The van der Waals surface area contributed by atoms with E-state index in [-0.39, 0.29) is 0 Å². The molecule has 1 N–H and O–H groups in total. The maximum atomic E-state index is 5.96. The summed E-state index contributed by atoms with van der Waals surface area (Å²) in [6.45, 7) is 0.739. The van der Waals surface area contributed by atoms with Gasteiger partial charge in [-0.1, -0.05) is 43.5 Å². The van der Waals surface area contributed by atoms with Crippen molar-refractivity contribution in [3.8, 4) is 0 Å². The normalized spacial score (nSPS) is 10.3. The molecular weight excluding hydrogens is 365 g/mol. The van der Waals surface area contributed by atoms with Gasteiger partial charge >= 0.3 is 0 Å². The number of nitrogens with one attached hydrogen (secondary N) is 1. The number of rotatable bonds is 3. The molecule has 0 fully saturated rings. The SMILES string of the molecule is Clc1ccc(Br)c(CNc2ccc(Br)cc2)c1. The van der Waals surface area contributed by atoms with E-state index in [4.69, 9.17) is 11.6 Å². The smallest absolute Gasteiger partial charge is 0.0412 e. The average molecular weight is 375 g/mol. The Kier molecular flexibility index (Phi) is 4.48. The van der Waals surface area contributed by atoms with E-state index in [1.54, 1.807) is 0 Å². The predicted octanol–water partition coefficient (Wildman–Crippen LogP) is 5.48. The van der Waals surface area contributed by atoms with E-state index in [0.29, 0.717) is 0 Å². The summed E-state index contributed by atoms with van der Waals surface area (Å²) in [4.78, 5) is 0. The number of halogens is 3. The maximum Gasteiger partial charge on any atom is 0.0412 e. The summed E-state index contributed by atoms with van der Waals surface area (Å²) in [6.07, 6.45) is 0. The predicted molar refractivity (Wildman–Crippen MR) is 80.6 cm³/mol. The van der Waals surface area contributed by atoms with Crippen LogP contribution in [-0.2, 0) is 6.54 Å². The molecule has 0 saturated heterocycles. The lowest BCUT2D eigenvalue weighted by Crippen LogP contribution is -1.99. The van der Waals surface area contributed by atoms with E-state index in [1.165, 1.54) is 0 Å². The van der Waals surface area contributed by atoms with Crippen molar-refractivity contribution in [2.24, 2.45) is 0 Å². The topological polar surface area (TPSA) is 12.0 Å². The standard InChI is InChI=1S/C13H10Br2ClN/c14-10-1-4-12(5-2-10)17-8-9-7-11(16)3-6-13(9)15/h1-7,17H,8H2. The Hall–Kier alpha value is -0.510. The Morgan fingerprint density at radius 2 is 1.71 bits per heavy atom. The Labute approximate surface area is 122 Å². The van der Waals surface area contributed by atoms with E-state index in [0.717, 1.165) is 31.8 Å². The van der Waals surface area contributed by atoms with Gasteiger partial charge in [-0.2, -0.15) is 0 Å². The fourth-order valence-electron chi connectivity index (χ4n) is 1.44. The Balaban J connectivity index is 2.07. The van der Waals surface area contributed by atoms with Gasteiger partial charge in [-0.05, 0) is 48.0 Å². The van der Waals surface area contributed by atoms with Crippen LogP contribution in [0.2, 0.25) is 5.02 Å². The Morgan fingerprint density at radius 3 is 2.41 bits per heavy atom. The van der Waals surface area contributed by atoms with Gasteiger partial charge in [-0.3, -0.25) is 0 Å². The van der Waals surface area contributed by atoms with Gasteiger partial charge < -0.3 is 5.32 Å². The lowest BCUT2D eigenvalue weighted by Gasteiger charge is -2.08. The molecule has 0 unspecified atom stereocenters. The molecule has 2 aromatic rings. The van der Waals surface area contributed by atoms with Crippen molar-refractivity contribution in [1.29, 1.82) is 0 Å². The molecule has 1 nitrogen and oxygen atoms in total. The van der Waals surface area contributed by atoms with Crippen LogP contribution in [0.15, 0.2) is 51.4 Å². The zero-order valence-electron chi connectivity index (χ0n) is 8.88. The van der Waals surface area contributed by atoms with Crippen LogP contribution < -0.4 is 5.32 Å².